The van der Waals surface area contributed by atoms with Crippen LogP contribution in [0.1, 0.15) is 5.56 Å². The van der Waals surface area contributed by atoms with E-state index >= 15 is 0 Å². The average molecular weight is 215 g/mol. The smallest absolute Gasteiger partial charge is 0.248 e. The largest absolute Gasteiger partial charge is 0.497 e. The highest BCUT2D eigenvalue weighted by molar-refractivity contribution is 5.64. The number of hydrogen-bond acceptors (Lipinski definition) is 2. The van der Waals surface area contributed by atoms with Gasteiger partial charge < -0.3 is 9.72 Å². The Labute approximate surface area is 93.7 Å². The van der Waals surface area contributed by atoms with Crippen molar-refractivity contribution in [2.75, 3.05) is 7.11 Å². The van der Waals surface area contributed by atoms with Crippen molar-refractivity contribution in [3.05, 3.63) is 52.3 Å². The van der Waals surface area contributed by atoms with E-state index in [1.165, 1.54) is 6.07 Å². The fourth-order valence-corrected chi connectivity index (χ4v) is 1.67. The summed E-state index contributed by atoms with van der Waals surface area (Å²) in [6.45, 7) is 1.99. The zero-order chi connectivity index (χ0) is 11.5. The molecule has 0 aliphatic heterocycles. The van der Waals surface area contributed by atoms with Crippen molar-refractivity contribution in [2.45, 2.75) is 6.92 Å². The number of ether oxygens (including phenoxy) is 1. The first-order valence-corrected chi connectivity index (χ1v) is 5.05. The molecule has 0 aliphatic carbocycles. The summed E-state index contributed by atoms with van der Waals surface area (Å²) < 4.78 is 5.14. The number of benzene rings is 1. The summed E-state index contributed by atoms with van der Waals surface area (Å²) >= 11 is 0. The van der Waals surface area contributed by atoms with Gasteiger partial charge in [-0.1, -0.05) is 6.07 Å². The monoisotopic (exact) mass is 215 g/mol. The third kappa shape index (κ3) is 1.98. The summed E-state index contributed by atoms with van der Waals surface area (Å²) in [5.41, 5.74) is 2.82. The van der Waals surface area contributed by atoms with Crippen molar-refractivity contribution in [1.29, 1.82) is 0 Å². The van der Waals surface area contributed by atoms with Crippen LogP contribution in [-0.4, -0.2) is 12.1 Å². The highest BCUT2D eigenvalue weighted by Crippen LogP contribution is 2.24. The van der Waals surface area contributed by atoms with Gasteiger partial charge in [0.1, 0.15) is 5.75 Å². The van der Waals surface area contributed by atoms with E-state index in [9.17, 15) is 4.79 Å². The van der Waals surface area contributed by atoms with Gasteiger partial charge in [-0.3, -0.25) is 4.79 Å². The lowest BCUT2D eigenvalue weighted by molar-refractivity contribution is 0.414. The summed E-state index contributed by atoms with van der Waals surface area (Å²) in [5, 5.41) is 0. The van der Waals surface area contributed by atoms with E-state index in [4.69, 9.17) is 4.74 Å². The molecule has 2 rings (SSSR count). The maximum absolute atomic E-state index is 11.2. The van der Waals surface area contributed by atoms with Crippen LogP contribution in [0.3, 0.4) is 0 Å². The Bertz CT molecular complexity index is 558. The van der Waals surface area contributed by atoms with Crippen LogP contribution in [0.4, 0.5) is 0 Å². The second kappa shape index (κ2) is 4.23. The molecule has 1 aromatic heterocycles. The molecule has 0 unspecified atom stereocenters. The van der Waals surface area contributed by atoms with Crippen LogP contribution in [0, 0.1) is 6.92 Å². The van der Waals surface area contributed by atoms with E-state index in [1.807, 2.05) is 31.2 Å². The van der Waals surface area contributed by atoms with Gasteiger partial charge in [-0.25, -0.2) is 0 Å². The van der Waals surface area contributed by atoms with Crippen LogP contribution in [0.15, 0.2) is 41.2 Å². The number of H-pyrrole nitrogens is 1. The highest BCUT2D eigenvalue weighted by Gasteiger charge is 2.03. The van der Waals surface area contributed by atoms with Gasteiger partial charge >= 0.3 is 0 Å². The molecule has 82 valence electrons. The molecule has 1 aromatic carbocycles. The standard InChI is InChI=1S/C13H13NO2/c1-9-8-10(16-2)6-7-11(9)12-4-3-5-13(15)14-12/h3-8H,1-2H3,(H,14,15). The van der Waals surface area contributed by atoms with Crippen molar-refractivity contribution >= 4 is 0 Å². The molecule has 0 atom stereocenters. The quantitative estimate of drug-likeness (QED) is 0.835. The molecule has 0 spiro atoms. The third-order valence-corrected chi connectivity index (χ3v) is 2.49. The van der Waals surface area contributed by atoms with Crippen LogP contribution in [0.2, 0.25) is 0 Å². The minimum atomic E-state index is -0.0901. The van der Waals surface area contributed by atoms with E-state index in [1.54, 1.807) is 13.2 Å². The second-order valence-electron chi connectivity index (χ2n) is 3.61. The summed E-state index contributed by atoms with van der Waals surface area (Å²) in [5.74, 6) is 0.819. The van der Waals surface area contributed by atoms with Gasteiger partial charge in [-0.05, 0) is 36.8 Å². The van der Waals surface area contributed by atoms with E-state index in [0.29, 0.717) is 0 Å². The van der Waals surface area contributed by atoms with E-state index in [0.717, 1.165) is 22.6 Å². The second-order valence-corrected chi connectivity index (χ2v) is 3.61. The normalized spacial score (nSPS) is 10.1. The summed E-state index contributed by atoms with van der Waals surface area (Å²) in [7, 11) is 1.64. The molecule has 1 heterocycles. The van der Waals surface area contributed by atoms with Crippen LogP contribution in [0.5, 0.6) is 5.75 Å². The number of aryl methyl sites for hydroxylation is 1. The lowest BCUT2D eigenvalue weighted by Gasteiger charge is -2.07. The minimum absolute atomic E-state index is 0.0901. The summed E-state index contributed by atoms with van der Waals surface area (Å²) in [6.07, 6.45) is 0. The number of aromatic amines is 1. The zero-order valence-electron chi connectivity index (χ0n) is 9.28. The fraction of sp³-hybridized carbons (Fsp3) is 0.154. The van der Waals surface area contributed by atoms with Crippen molar-refractivity contribution in [3.63, 3.8) is 0 Å². The Morgan fingerprint density at radius 3 is 2.62 bits per heavy atom. The van der Waals surface area contributed by atoms with Gasteiger partial charge in [-0.15, -0.1) is 0 Å². The molecule has 0 saturated heterocycles. The van der Waals surface area contributed by atoms with Crippen LogP contribution in [0.25, 0.3) is 11.3 Å². The van der Waals surface area contributed by atoms with E-state index in [-0.39, 0.29) is 5.56 Å². The molecular weight excluding hydrogens is 202 g/mol. The first-order valence-electron chi connectivity index (χ1n) is 5.05. The van der Waals surface area contributed by atoms with Gasteiger partial charge in [0.25, 0.3) is 0 Å². The molecule has 16 heavy (non-hydrogen) atoms. The lowest BCUT2D eigenvalue weighted by atomic mass is 10.0. The predicted molar refractivity (Wildman–Crippen MR) is 63.8 cm³/mol. The summed E-state index contributed by atoms with van der Waals surface area (Å²) in [4.78, 5) is 14.0. The SMILES string of the molecule is COc1ccc(-c2cccc(=O)[nH]2)c(C)c1. The Morgan fingerprint density at radius 1 is 1.19 bits per heavy atom. The first-order chi connectivity index (χ1) is 7.70. The lowest BCUT2D eigenvalue weighted by Crippen LogP contribution is -2.04. The number of pyridine rings is 1. The maximum Gasteiger partial charge on any atom is 0.248 e. The molecule has 0 amide bonds. The van der Waals surface area contributed by atoms with Crippen molar-refractivity contribution < 1.29 is 4.74 Å². The minimum Gasteiger partial charge on any atom is -0.497 e. The van der Waals surface area contributed by atoms with Gasteiger partial charge in [0, 0.05) is 17.3 Å². The molecule has 0 radical (unpaired) electrons. The summed E-state index contributed by atoms with van der Waals surface area (Å²) in [6, 6.07) is 10.9. The number of nitrogens with one attached hydrogen (secondary N) is 1. The fourth-order valence-electron chi connectivity index (χ4n) is 1.67. The van der Waals surface area contributed by atoms with Crippen molar-refractivity contribution in [1.82, 2.24) is 4.98 Å². The predicted octanol–water partition coefficient (Wildman–Crippen LogP) is 2.36. The topological polar surface area (TPSA) is 42.1 Å². The zero-order valence-corrected chi connectivity index (χ0v) is 9.28. The van der Waals surface area contributed by atoms with Crippen molar-refractivity contribution in [3.8, 4) is 17.0 Å². The highest BCUT2D eigenvalue weighted by atomic mass is 16.5. The Hall–Kier alpha value is -2.03. The Balaban J connectivity index is 2.52. The van der Waals surface area contributed by atoms with Gasteiger partial charge in [-0.2, -0.15) is 0 Å². The van der Waals surface area contributed by atoms with Gasteiger partial charge in [0.15, 0.2) is 0 Å². The third-order valence-electron chi connectivity index (χ3n) is 2.49. The molecule has 3 nitrogen and oxygen atoms in total. The Kier molecular flexibility index (Phi) is 2.77. The Morgan fingerprint density at radius 2 is 2.00 bits per heavy atom. The number of methoxy groups -OCH3 is 1. The molecule has 0 fully saturated rings. The molecular formula is C13H13NO2. The molecule has 0 bridgehead atoms. The number of hydrogen-bond donors (Lipinski definition) is 1. The molecule has 2 aromatic rings. The molecule has 0 saturated carbocycles. The number of rotatable bonds is 2. The van der Waals surface area contributed by atoms with Gasteiger partial charge in [0.05, 0.1) is 7.11 Å². The van der Waals surface area contributed by atoms with Crippen LogP contribution in [-0.2, 0) is 0 Å². The van der Waals surface area contributed by atoms with Crippen molar-refractivity contribution in [2.24, 2.45) is 0 Å². The molecule has 0 aliphatic rings. The van der Waals surface area contributed by atoms with Crippen LogP contribution >= 0.6 is 0 Å². The van der Waals surface area contributed by atoms with Crippen LogP contribution < -0.4 is 10.3 Å². The van der Waals surface area contributed by atoms with Gasteiger partial charge in [0.2, 0.25) is 5.56 Å². The van der Waals surface area contributed by atoms with E-state index < -0.39 is 0 Å². The first kappa shape index (κ1) is 10.5. The maximum atomic E-state index is 11.2. The molecule has 3 heteroatoms. The molecule has 1 N–H and O–H groups in total. The number of aromatic nitrogens is 1. The average Bonchev–Trinajstić information content (AvgIpc) is 2.28. The van der Waals surface area contributed by atoms with E-state index in [2.05, 4.69) is 4.98 Å².